The normalized spacial score (nSPS) is 12.9. The Kier molecular flexibility index (Phi) is 7.04. The van der Waals surface area contributed by atoms with Crippen molar-refractivity contribution in [1.82, 2.24) is 5.32 Å². The summed E-state index contributed by atoms with van der Waals surface area (Å²) >= 11 is 0. The second kappa shape index (κ2) is 8.31. The van der Waals surface area contributed by atoms with Crippen LogP contribution in [0.25, 0.3) is 0 Å². The Bertz CT molecular complexity index is 311. The molecular weight excluding hydrogens is 218 g/mol. The Morgan fingerprint density at radius 1 is 0.889 bits per heavy atom. The molecule has 1 aromatic rings. The van der Waals surface area contributed by atoms with Crippen molar-refractivity contribution in [2.24, 2.45) is 5.92 Å². The highest BCUT2D eigenvalue weighted by Crippen LogP contribution is 2.18. The first kappa shape index (κ1) is 15.2. The minimum atomic E-state index is 0.623. The molecule has 1 rings (SSSR count). The number of nitrogens with one attached hydrogen (secondary N) is 1. The SMILES string of the molecule is CCNC(Cc1ccc(CC)cc1)C(CC)CC. The highest BCUT2D eigenvalue weighted by molar-refractivity contribution is 5.23. The molecule has 0 saturated heterocycles. The Balaban J connectivity index is 2.69. The quantitative estimate of drug-likeness (QED) is 0.726. The maximum atomic E-state index is 3.66. The maximum absolute atomic E-state index is 3.66. The summed E-state index contributed by atoms with van der Waals surface area (Å²) in [6.45, 7) is 10.1. The Morgan fingerprint density at radius 3 is 1.89 bits per heavy atom. The van der Waals surface area contributed by atoms with Crippen LogP contribution >= 0.6 is 0 Å². The van der Waals surface area contributed by atoms with Crippen LogP contribution in [-0.4, -0.2) is 12.6 Å². The summed E-state index contributed by atoms with van der Waals surface area (Å²) < 4.78 is 0. The van der Waals surface area contributed by atoms with E-state index in [0.29, 0.717) is 6.04 Å². The van der Waals surface area contributed by atoms with Gasteiger partial charge in [-0.05, 0) is 36.4 Å². The van der Waals surface area contributed by atoms with Crippen LogP contribution in [0.3, 0.4) is 0 Å². The average Bonchev–Trinajstić information content (AvgIpc) is 2.41. The van der Waals surface area contributed by atoms with E-state index in [-0.39, 0.29) is 0 Å². The van der Waals surface area contributed by atoms with E-state index >= 15 is 0 Å². The summed E-state index contributed by atoms with van der Waals surface area (Å²) in [6, 6.07) is 9.76. The molecule has 102 valence electrons. The van der Waals surface area contributed by atoms with Crippen LogP contribution in [0, 0.1) is 5.92 Å². The maximum Gasteiger partial charge on any atom is 0.0135 e. The first-order valence-corrected chi connectivity index (χ1v) is 7.56. The molecule has 0 aliphatic rings. The lowest BCUT2D eigenvalue weighted by molar-refractivity contribution is 0.337. The molecule has 1 aromatic carbocycles. The van der Waals surface area contributed by atoms with Crippen LogP contribution in [0.2, 0.25) is 0 Å². The fraction of sp³-hybridized carbons (Fsp3) is 0.647. The lowest BCUT2D eigenvalue weighted by Crippen LogP contribution is -2.37. The van der Waals surface area contributed by atoms with E-state index in [1.807, 2.05) is 0 Å². The monoisotopic (exact) mass is 247 g/mol. The zero-order valence-electron chi connectivity index (χ0n) is 12.5. The van der Waals surface area contributed by atoms with Crippen molar-refractivity contribution in [3.8, 4) is 0 Å². The van der Waals surface area contributed by atoms with E-state index in [2.05, 4.69) is 57.3 Å². The average molecular weight is 247 g/mol. The molecule has 1 N–H and O–H groups in total. The van der Waals surface area contributed by atoms with E-state index in [0.717, 1.165) is 25.3 Å². The molecule has 0 bridgehead atoms. The third-order valence-corrected chi connectivity index (χ3v) is 3.97. The predicted octanol–water partition coefficient (Wildman–Crippen LogP) is 4.21. The molecule has 18 heavy (non-hydrogen) atoms. The van der Waals surface area contributed by atoms with E-state index in [1.165, 1.54) is 24.0 Å². The zero-order valence-corrected chi connectivity index (χ0v) is 12.5. The summed E-state index contributed by atoms with van der Waals surface area (Å²) in [7, 11) is 0. The molecule has 1 nitrogen and oxygen atoms in total. The molecule has 0 aliphatic carbocycles. The number of benzene rings is 1. The molecule has 1 unspecified atom stereocenters. The number of aryl methyl sites for hydroxylation is 1. The standard InChI is InChI=1S/C17H29N/c1-5-14-9-11-15(12-10-14)13-17(18-8-4)16(6-2)7-3/h9-12,16-18H,5-8,13H2,1-4H3. The summed E-state index contributed by atoms with van der Waals surface area (Å²) in [5.41, 5.74) is 2.89. The number of likely N-dealkylation sites (N-methyl/N-ethyl adjacent to an activating group) is 1. The van der Waals surface area contributed by atoms with Gasteiger partial charge in [-0.2, -0.15) is 0 Å². The molecule has 0 spiro atoms. The summed E-state index contributed by atoms with van der Waals surface area (Å²) in [4.78, 5) is 0. The molecule has 0 aliphatic heterocycles. The van der Waals surface area contributed by atoms with Crippen LogP contribution in [0.15, 0.2) is 24.3 Å². The lowest BCUT2D eigenvalue weighted by atomic mass is 9.89. The highest BCUT2D eigenvalue weighted by Gasteiger charge is 2.17. The first-order chi connectivity index (χ1) is 8.74. The molecule has 0 heterocycles. The van der Waals surface area contributed by atoms with Crippen molar-refractivity contribution in [3.63, 3.8) is 0 Å². The third kappa shape index (κ3) is 4.45. The van der Waals surface area contributed by atoms with Crippen molar-refractivity contribution in [1.29, 1.82) is 0 Å². The van der Waals surface area contributed by atoms with Gasteiger partial charge in [0.2, 0.25) is 0 Å². The Morgan fingerprint density at radius 2 is 1.44 bits per heavy atom. The molecule has 0 amide bonds. The molecule has 1 atom stereocenters. The van der Waals surface area contributed by atoms with Gasteiger partial charge in [0, 0.05) is 6.04 Å². The number of rotatable bonds is 8. The summed E-state index contributed by atoms with van der Waals surface area (Å²) in [5.74, 6) is 0.788. The van der Waals surface area contributed by atoms with Crippen LogP contribution in [0.4, 0.5) is 0 Å². The fourth-order valence-electron chi connectivity index (χ4n) is 2.69. The Labute approximate surface area is 113 Å². The predicted molar refractivity (Wildman–Crippen MR) is 81.1 cm³/mol. The van der Waals surface area contributed by atoms with Gasteiger partial charge >= 0.3 is 0 Å². The molecule has 0 aromatic heterocycles. The molecule has 0 fully saturated rings. The fourth-order valence-corrected chi connectivity index (χ4v) is 2.69. The van der Waals surface area contributed by atoms with Crippen LogP contribution < -0.4 is 5.32 Å². The van der Waals surface area contributed by atoms with Crippen molar-refractivity contribution < 1.29 is 0 Å². The molecule has 0 saturated carbocycles. The molecule has 1 heteroatoms. The van der Waals surface area contributed by atoms with Crippen LogP contribution in [0.1, 0.15) is 51.7 Å². The van der Waals surface area contributed by atoms with E-state index in [1.54, 1.807) is 0 Å². The van der Waals surface area contributed by atoms with Gasteiger partial charge in [0.05, 0.1) is 0 Å². The largest absolute Gasteiger partial charge is 0.314 e. The molecule has 0 radical (unpaired) electrons. The van der Waals surface area contributed by atoms with Gasteiger partial charge < -0.3 is 5.32 Å². The van der Waals surface area contributed by atoms with Gasteiger partial charge in [-0.25, -0.2) is 0 Å². The van der Waals surface area contributed by atoms with Crippen molar-refractivity contribution >= 4 is 0 Å². The van der Waals surface area contributed by atoms with Crippen molar-refractivity contribution in [2.75, 3.05) is 6.54 Å². The second-order valence-electron chi connectivity index (χ2n) is 5.11. The lowest BCUT2D eigenvalue weighted by Gasteiger charge is -2.26. The summed E-state index contributed by atoms with van der Waals surface area (Å²) in [6.07, 6.45) is 4.82. The van der Waals surface area contributed by atoms with Crippen LogP contribution in [-0.2, 0) is 12.8 Å². The Hall–Kier alpha value is -0.820. The third-order valence-electron chi connectivity index (χ3n) is 3.97. The first-order valence-electron chi connectivity index (χ1n) is 7.56. The van der Waals surface area contributed by atoms with Gasteiger partial charge in [0.15, 0.2) is 0 Å². The topological polar surface area (TPSA) is 12.0 Å². The van der Waals surface area contributed by atoms with Crippen LogP contribution in [0.5, 0.6) is 0 Å². The van der Waals surface area contributed by atoms with Crippen molar-refractivity contribution in [2.45, 2.75) is 59.4 Å². The smallest absolute Gasteiger partial charge is 0.0135 e. The van der Waals surface area contributed by atoms with E-state index in [9.17, 15) is 0 Å². The van der Waals surface area contributed by atoms with Gasteiger partial charge in [-0.15, -0.1) is 0 Å². The van der Waals surface area contributed by atoms with Gasteiger partial charge in [-0.3, -0.25) is 0 Å². The number of hydrogen-bond donors (Lipinski definition) is 1. The minimum Gasteiger partial charge on any atom is -0.314 e. The van der Waals surface area contributed by atoms with Crippen molar-refractivity contribution in [3.05, 3.63) is 35.4 Å². The number of hydrogen-bond acceptors (Lipinski definition) is 1. The van der Waals surface area contributed by atoms with E-state index in [4.69, 9.17) is 0 Å². The second-order valence-corrected chi connectivity index (χ2v) is 5.11. The van der Waals surface area contributed by atoms with Gasteiger partial charge in [0.25, 0.3) is 0 Å². The molecular formula is C17H29N. The summed E-state index contributed by atoms with van der Waals surface area (Å²) in [5, 5.41) is 3.66. The minimum absolute atomic E-state index is 0.623. The zero-order chi connectivity index (χ0) is 13.4. The van der Waals surface area contributed by atoms with Gasteiger partial charge in [-0.1, -0.05) is 64.8 Å². The van der Waals surface area contributed by atoms with E-state index < -0.39 is 0 Å². The highest BCUT2D eigenvalue weighted by atomic mass is 14.9. The van der Waals surface area contributed by atoms with Gasteiger partial charge in [0.1, 0.15) is 0 Å².